The molecule has 3 aromatic rings. The molecule has 0 unspecified atom stereocenters. The molecular formula is C29H35N7O2. The molecule has 1 fully saturated rings. The van der Waals surface area contributed by atoms with E-state index in [4.69, 9.17) is 9.84 Å². The minimum Gasteiger partial charge on any atom is -0.444 e. The number of aryl methyl sites for hydroxylation is 3. The van der Waals surface area contributed by atoms with Gasteiger partial charge in [-0.3, -0.25) is 0 Å². The summed E-state index contributed by atoms with van der Waals surface area (Å²) in [4.78, 5) is 14.5. The number of hydrogen-bond donors (Lipinski definition) is 3. The second-order valence-electron chi connectivity index (χ2n) is 10.9. The van der Waals surface area contributed by atoms with Gasteiger partial charge in [-0.05, 0) is 75.1 Å². The molecule has 2 aromatic carbocycles. The Morgan fingerprint density at radius 1 is 1.16 bits per heavy atom. The van der Waals surface area contributed by atoms with Crippen LogP contribution in [0.3, 0.4) is 0 Å². The maximum atomic E-state index is 12.0. The summed E-state index contributed by atoms with van der Waals surface area (Å²) >= 11 is 0. The molecule has 2 aliphatic heterocycles. The Balaban J connectivity index is 1.36. The van der Waals surface area contributed by atoms with E-state index in [1.807, 2.05) is 50.6 Å². The molecule has 0 bridgehead atoms. The molecule has 5 rings (SSSR count). The first-order valence-electron chi connectivity index (χ1n) is 13.1. The molecule has 9 heteroatoms. The molecule has 0 radical (unpaired) electrons. The van der Waals surface area contributed by atoms with E-state index in [1.54, 1.807) is 0 Å². The van der Waals surface area contributed by atoms with Crippen molar-refractivity contribution in [2.24, 2.45) is 0 Å². The Bertz CT molecular complexity index is 1390. The Labute approximate surface area is 223 Å². The summed E-state index contributed by atoms with van der Waals surface area (Å²) in [5.74, 6) is 0.726. The van der Waals surface area contributed by atoms with E-state index in [9.17, 15) is 10.1 Å². The number of carbonyl (C=O) groups excluding carboxylic acids is 1. The van der Waals surface area contributed by atoms with Gasteiger partial charge in [0.05, 0.1) is 0 Å². The second-order valence-corrected chi connectivity index (χ2v) is 10.9. The molecule has 38 heavy (non-hydrogen) atoms. The number of amides is 1. The monoisotopic (exact) mass is 513 g/mol. The SMILES string of the molecule is Cc1cc(-c2nn3c(c2C#N)Nc2ccc(N4CCNCC4)cc2CC3)ccc1CNC(=O)OC(C)(C)C. The van der Waals surface area contributed by atoms with Gasteiger partial charge in [0, 0.05) is 56.2 Å². The summed E-state index contributed by atoms with van der Waals surface area (Å²) in [5, 5.41) is 24.7. The summed E-state index contributed by atoms with van der Waals surface area (Å²) in [7, 11) is 0. The Morgan fingerprint density at radius 2 is 1.95 bits per heavy atom. The number of nitrogens with zero attached hydrogens (tertiary/aromatic N) is 4. The van der Waals surface area contributed by atoms with Crippen molar-refractivity contribution < 1.29 is 9.53 Å². The first-order valence-corrected chi connectivity index (χ1v) is 13.1. The number of benzene rings is 2. The van der Waals surface area contributed by atoms with Gasteiger partial charge >= 0.3 is 6.09 Å². The minimum absolute atomic E-state index is 0.361. The molecule has 1 saturated heterocycles. The summed E-state index contributed by atoms with van der Waals surface area (Å²) in [5.41, 5.74) is 6.99. The van der Waals surface area contributed by atoms with Gasteiger partial charge in [0.2, 0.25) is 0 Å². The molecule has 3 N–H and O–H groups in total. The lowest BCUT2D eigenvalue weighted by atomic mass is 10.0. The minimum atomic E-state index is -0.544. The molecule has 9 nitrogen and oxygen atoms in total. The van der Waals surface area contributed by atoms with Gasteiger partial charge < -0.3 is 25.6 Å². The molecule has 0 aliphatic carbocycles. The van der Waals surface area contributed by atoms with Crippen molar-refractivity contribution in [3.8, 4) is 17.3 Å². The van der Waals surface area contributed by atoms with Crippen molar-refractivity contribution >= 4 is 23.3 Å². The van der Waals surface area contributed by atoms with Gasteiger partial charge in [0.1, 0.15) is 28.7 Å². The van der Waals surface area contributed by atoms with Crippen LogP contribution in [0.25, 0.3) is 11.3 Å². The van der Waals surface area contributed by atoms with Crippen LogP contribution in [0.15, 0.2) is 36.4 Å². The number of ether oxygens (including phenoxy) is 1. The number of piperazine rings is 1. The highest BCUT2D eigenvalue weighted by molar-refractivity contribution is 5.78. The quantitative estimate of drug-likeness (QED) is 0.473. The number of alkyl carbamates (subject to hydrolysis) is 1. The van der Waals surface area contributed by atoms with Crippen LogP contribution in [0.4, 0.5) is 22.0 Å². The second kappa shape index (κ2) is 10.4. The van der Waals surface area contributed by atoms with Gasteiger partial charge in [-0.25, -0.2) is 9.48 Å². The molecule has 1 aromatic heterocycles. The van der Waals surface area contributed by atoms with Crippen LogP contribution < -0.4 is 20.9 Å². The maximum Gasteiger partial charge on any atom is 0.407 e. The lowest BCUT2D eigenvalue weighted by molar-refractivity contribution is 0.0523. The highest BCUT2D eigenvalue weighted by Crippen LogP contribution is 2.36. The molecule has 2 aliphatic rings. The number of carbonyl (C=O) groups is 1. The molecule has 0 saturated carbocycles. The largest absolute Gasteiger partial charge is 0.444 e. The molecule has 0 spiro atoms. The molecular weight excluding hydrogens is 478 g/mol. The van der Waals surface area contributed by atoms with E-state index >= 15 is 0 Å². The molecule has 198 valence electrons. The smallest absolute Gasteiger partial charge is 0.407 e. The normalized spacial score (nSPS) is 15.0. The Morgan fingerprint density at radius 3 is 2.66 bits per heavy atom. The van der Waals surface area contributed by atoms with Gasteiger partial charge in [0.15, 0.2) is 0 Å². The van der Waals surface area contributed by atoms with Gasteiger partial charge in [-0.15, -0.1) is 0 Å². The molecule has 3 heterocycles. The lowest BCUT2D eigenvalue weighted by Gasteiger charge is -2.30. The maximum absolute atomic E-state index is 12.0. The number of anilines is 3. The Kier molecular flexibility index (Phi) is 7.00. The highest BCUT2D eigenvalue weighted by atomic mass is 16.6. The summed E-state index contributed by atoms with van der Waals surface area (Å²) < 4.78 is 7.24. The third kappa shape index (κ3) is 5.46. The Hall–Kier alpha value is -4.03. The number of nitrogens with one attached hydrogen (secondary N) is 3. The number of nitriles is 1. The highest BCUT2D eigenvalue weighted by Gasteiger charge is 2.24. The van der Waals surface area contributed by atoms with Crippen LogP contribution in [0, 0.1) is 18.3 Å². The molecule has 1 amide bonds. The van der Waals surface area contributed by atoms with Crippen molar-refractivity contribution in [2.75, 3.05) is 36.4 Å². The fourth-order valence-electron chi connectivity index (χ4n) is 4.96. The average Bonchev–Trinajstić information content (AvgIpc) is 3.13. The summed E-state index contributed by atoms with van der Waals surface area (Å²) in [6.45, 7) is 12.6. The third-order valence-corrected chi connectivity index (χ3v) is 6.92. The van der Waals surface area contributed by atoms with Crippen LogP contribution in [-0.2, 0) is 24.2 Å². The van der Waals surface area contributed by atoms with Crippen molar-refractivity contribution in [3.05, 3.63) is 58.7 Å². The first kappa shape index (κ1) is 25.6. The van der Waals surface area contributed by atoms with E-state index in [2.05, 4.69) is 45.1 Å². The zero-order valence-electron chi connectivity index (χ0n) is 22.5. The topological polar surface area (TPSA) is 107 Å². The number of fused-ring (bicyclic) bond motifs is 2. The van der Waals surface area contributed by atoms with Gasteiger partial charge in [-0.1, -0.05) is 12.1 Å². The standard InChI is InChI=1S/C29H35N7O2/c1-19-15-21(5-6-22(19)18-32-28(37)38-29(2,3)4)26-24(17-30)27-33-25-8-7-23(35-13-10-31-11-14-35)16-20(25)9-12-36(27)34-26/h5-8,15-16,31,33H,9-14,18H2,1-4H3,(H,32,37). The predicted molar refractivity (Wildman–Crippen MR) is 149 cm³/mol. The average molecular weight is 514 g/mol. The number of aromatic nitrogens is 2. The molecule has 0 atom stereocenters. The first-order chi connectivity index (χ1) is 18.2. The van der Waals surface area contributed by atoms with Crippen LogP contribution in [0.1, 0.15) is 43.0 Å². The van der Waals surface area contributed by atoms with Crippen molar-refractivity contribution in [2.45, 2.75) is 52.8 Å². The van der Waals surface area contributed by atoms with Crippen LogP contribution in [-0.4, -0.2) is 47.7 Å². The van der Waals surface area contributed by atoms with E-state index in [0.717, 1.165) is 60.8 Å². The van der Waals surface area contributed by atoms with Crippen molar-refractivity contribution in [1.82, 2.24) is 20.4 Å². The van der Waals surface area contributed by atoms with Crippen LogP contribution >= 0.6 is 0 Å². The van der Waals surface area contributed by atoms with E-state index in [0.29, 0.717) is 24.3 Å². The number of rotatable bonds is 4. The predicted octanol–water partition coefficient (Wildman–Crippen LogP) is 4.46. The third-order valence-electron chi connectivity index (χ3n) is 6.92. The van der Waals surface area contributed by atoms with Crippen LogP contribution in [0.5, 0.6) is 0 Å². The van der Waals surface area contributed by atoms with E-state index in [-0.39, 0.29) is 0 Å². The van der Waals surface area contributed by atoms with E-state index < -0.39 is 11.7 Å². The van der Waals surface area contributed by atoms with Crippen molar-refractivity contribution in [3.63, 3.8) is 0 Å². The summed E-state index contributed by atoms with van der Waals surface area (Å²) in [6, 6.07) is 14.9. The fourth-order valence-corrected chi connectivity index (χ4v) is 4.96. The van der Waals surface area contributed by atoms with Gasteiger partial charge in [0.25, 0.3) is 0 Å². The fraction of sp³-hybridized carbons (Fsp3) is 0.414. The van der Waals surface area contributed by atoms with Gasteiger partial charge in [-0.2, -0.15) is 10.4 Å². The van der Waals surface area contributed by atoms with Crippen LogP contribution in [0.2, 0.25) is 0 Å². The summed E-state index contributed by atoms with van der Waals surface area (Å²) in [6.07, 6.45) is 0.382. The van der Waals surface area contributed by atoms with Crippen molar-refractivity contribution in [1.29, 1.82) is 5.26 Å². The zero-order valence-corrected chi connectivity index (χ0v) is 22.5. The van der Waals surface area contributed by atoms with E-state index in [1.165, 1.54) is 11.3 Å². The lowest BCUT2D eigenvalue weighted by Crippen LogP contribution is -2.43. The number of hydrogen-bond acceptors (Lipinski definition) is 7. The zero-order chi connectivity index (χ0) is 26.9.